The van der Waals surface area contributed by atoms with Crippen molar-refractivity contribution in [1.29, 1.82) is 0 Å². The van der Waals surface area contributed by atoms with Gasteiger partial charge in [0, 0.05) is 17.5 Å². The molecule has 0 bridgehead atoms. The van der Waals surface area contributed by atoms with Crippen molar-refractivity contribution in [3.05, 3.63) is 47.4 Å². The number of benzene rings is 1. The van der Waals surface area contributed by atoms with Gasteiger partial charge in [-0.2, -0.15) is 0 Å². The molecule has 0 saturated heterocycles. The van der Waals surface area contributed by atoms with Crippen LogP contribution in [0, 0.1) is 5.92 Å². The number of Topliss-reactive ketones (excluding diaryl/α,β-unsaturated/α-hetero) is 1. The van der Waals surface area contributed by atoms with Crippen LogP contribution in [0.25, 0.3) is 0 Å². The molecule has 1 N–H and O–H groups in total. The maximum Gasteiger partial charge on any atom is 0.266 e. The summed E-state index contributed by atoms with van der Waals surface area (Å²) in [6.07, 6.45) is 4.60. The Balaban J connectivity index is 1.82. The monoisotopic (exact) mass is 371 g/mol. The maximum atomic E-state index is 12.9. The zero-order valence-electron chi connectivity index (χ0n) is 15.8. The summed E-state index contributed by atoms with van der Waals surface area (Å²) in [7, 11) is 3.10. The van der Waals surface area contributed by atoms with Gasteiger partial charge in [-0.15, -0.1) is 0 Å². The highest BCUT2D eigenvalue weighted by molar-refractivity contribution is 6.23. The van der Waals surface area contributed by atoms with Crippen molar-refractivity contribution in [2.75, 3.05) is 14.2 Å². The van der Waals surface area contributed by atoms with E-state index in [-0.39, 0.29) is 35.3 Å². The Bertz CT molecular complexity index is 805. The summed E-state index contributed by atoms with van der Waals surface area (Å²) >= 11 is 0. The van der Waals surface area contributed by atoms with Crippen molar-refractivity contribution in [3.63, 3.8) is 0 Å². The first-order valence-electron chi connectivity index (χ1n) is 9.17. The van der Waals surface area contributed by atoms with Gasteiger partial charge in [-0.3, -0.25) is 9.59 Å². The molecule has 6 heteroatoms. The minimum Gasteiger partial charge on any atom is -0.505 e. The fraction of sp³-hybridized carbons (Fsp3) is 0.429. The predicted molar refractivity (Wildman–Crippen MR) is 100 cm³/mol. The summed E-state index contributed by atoms with van der Waals surface area (Å²) < 4.78 is 10.6. The molecule has 1 aliphatic heterocycles. The van der Waals surface area contributed by atoms with E-state index in [1.807, 2.05) is 0 Å². The van der Waals surface area contributed by atoms with E-state index in [4.69, 9.17) is 9.47 Å². The van der Waals surface area contributed by atoms with Crippen molar-refractivity contribution in [3.8, 4) is 11.5 Å². The molecule has 3 rings (SSSR count). The van der Waals surface area contributed by atoms with Crippen molar-refractivity contribution >= 4 is 11.7 Å². The molecule has 0 radical (unpaired) electrons. The number of ketones is 1. The molecule has 0 spiro atoms. The van der Waals surface area contributed by atoms with E-state index in [0.717, 1.165) is 37.7 Å². The average molecular weight is 371 g/mol. The lowest BCUT2D eigenvalue weighted by Crippen LogP contribution is -2.30. The first-order valence-corrected chi connectivity index (χ1v) is 9.17. The SMILES string of the molecule is C=C1C(O)=C(C(=O)C2CCCCC2)C(=O)N1Cc1ccc(OC)cc1OC. The summed E-state index contributed by atoms with van der Waals surface area (Å²) in [5.41, 5.74) is 0.753. The van der Waals surface area contributed by atoms with Gasteiger partial charge < -0.3 is 19.5 Å². The number of rotatable bonds is 6. The van der Waals surface area contributed by atoms with Gasteiger partial charge in [0.15, 0.2) is 11.5 Å². The maximum absolute atomic E-state index is 12.9. The van der Waals surface area contributed by atoms with Crippen molar-refractivity contribution in [2.24, 2.45) is 5.92 Å². The van der Waals surface area contributed by atoms with Crippen LogP contribution < -0.4 is 9.47 Å². The molecule has 27 heavy (non-hydrogen) atoms. The highest BCUT2D eigenvalue weighted by Gasteiger charge is 2.40. The number of hydrogen-bond donors (Lipinski definition) is 1. The van der Waals surface area contributed by atoms with Crippen LogP contribution in [0.5, 0.6) is 11.5 Å². The second-order valence-corrected chi connectivity index (χ2v) is 6.94. The number of amides is 1. The number of nitrogens with zero attached hydrogens (tertiary/aromatic N) is 1. The van der Waals surface area contributed by atoms with Crippen LogP contribution in [0.2, 0.25) is 0 Å². The summed E-state index contributed by atoms with van der Waals surface area (Å²) in [6, 6.07) is 5.28. The number of aliphatic hydroxyl groups is 1. The summed E-state index contributed by atoms with van der Waals surface area (Å²) in [5.74, 6) is -0.0579. The van der Waals surface area contributed by atoms with Gasteiger partial charge in [0.25, 0.3) is 5.91 Å². The molecule has 144 valence electrons. The minimum atomic E-state index is -0.494. The van der Waals surface area contributed by atoms with Gasteiger partial charge >= 0.3 is 0 Å². The predicted octanol–water partition coefficient (Wildman–Crippen LogP) is 3.52. The number of carbonyl (C=O) groups is 2. The zero-order valence-corrected chi connectivity index (χ0v) is 15.8. The molecule has 1 fully saturated rings. The van der Waals surface area contributed by atoms with E-state index in [9.17, 15) is 14.7 Å². The topological polar surface area (TPSA) is 76.1 Å². The van der Waals surface area contributed by atoms with E-state index in [2.05, 4.69) is 6.58 Å². The van der Waals surface area contributed by atoms with Crippen molar-refractivity contribution in [2.45, 2.75) is 38.6 Å². The largest absolute Gasteiger partial charge is 0.505 e. The van der Waals surface area contributed by atoms with Crippen LogP contribution in [0.1, 0.15) is 37.7 Å². The van der Waals surface area contributed by atoms with Gasteiger partial charge in [-0.25, -0.2) is 0 Å². The highest BCUT2D eigenvalue weighted by atomic mass is 16.5. The Hall–Kier alpha value is -2.76. The van der Waals surface area contributed by atoms with Crippen LogP contribution >= 0.6 is 0 Å². The molecule has 1 amide bonds. The van der Waals surface area contributed by atoms with E-state index >= 15 is 0 Å². The summed E-state index contributed by atoms with van der Waals surface area (Å²) in [5, 5.41) is 10.4. The van der Waals surface area contributed by atoms with Gasteiger partial charge in [-0.05, 0) is 25.0 Å². The molecule has 1 aromatic rings. The molecule has 1 aromatic carbocycles. The standard InChI is InChI=1S/C21H25NO5/c1-13-19(23)18(20(24)14-7-5-4-6-8-14)21(25)22(13)12-15-9-10-16(26-2)11-17(15)27-3/h9-11,14,23H,1,4-8,12H2,2-3H3. The Kier molecular flexibility index (Phi) is 5.54. The lowest BCUT2D eigenvalue weighted by molar-refractivity contribution is -0.129. The summed E-state index contributed by atoms with van der Waals surface area (Å²) in [4.78, 5) is 27.1. The first-order chi connectivity index (χ1) is 13.0. The molecule has 6 nitrogen and oxygen atoms in total. The van der Waals surface area contributed by atoms with E-state index in [0.29, 0.717) is 11.5 Å². The third-order valence-corrected chi connectivity index (χ3v) is 5.34. The Morgan fingerprint density at radius 2 is 1.93 bits per heavy atom. The third-order valence-electron chi connectivity index (χ3n) is 5.34. The molecule has 1 aliphatic carbocycles. The van der Waals surface area contributed by atoms with E-state index < -0.39 is 5.91 Å². The van der Waals surface area contributed by atoms with E-state index in [1.54, 1.807) is 25.3 Å². The van der Waals surface area contributed by atoms with Gasteiger partial charge in [-0.1, -0.05) is 25.8 Å². The summed E-state index contributed by atoms with van der Waals surface area (Å²) in [6.45, 7) is 3.96. The Labute approximate surface area is 159 Å². The molecular weight excluding hydrogens is 346 g/mol. The molecule has 0 aromatic heterocycles. The van der Waals surface area contributed by atoms with Crippen LogP contribution in [0.15, 0.2) is 41.8 Å². The number of carbonyl (C=O) groups excluding carboxylic acids is 2. The molecule has 1 saturated carbocycles. The van der Waals surface area contributed by atoms with Gasteiger partial charge in [0.05, 0.1) is 26.5 Å². The average Bonchev–Trinajstić information content (AvgIpc) is 2.91. The normalized spacial score (nSPS) is 18.2. The van der Waals surface area contributed by atoms with Crippen LogP contribution in [-0.4, -0.2) is 35.9 Å². The molecule has 0 atom stereocenters. The lowest BCUT2D eigenvalue weighted by atomic mass is 9.83. The molecular formula is C21H25NO5. The molecule has 1 heterocycles. The van der Waals surface area contributed by atoms with Crippen molar-refractivity contribution in [1.82, 2.24) is 4.90 Å². The highest BCUT2D eigenvalue weighted by Crippen LogP contribution is 2.35. The minimum absolute atomic E-state index is 0.126. The zero-order chi connectivity index (χ0) is 19.6. The smallest absolute Gasteiger partial charge is 0.266 e. The second kappa shape index (κ2) is 7.86. The second-order valence-electron chi connectivity index (χ2n) is 6.94. The fourth-order valence-electron chi connectivity index (χ4n) is 3.74. The number of hydrogen-bond acceptors (Lipinski definition) is 5. The number of methoxy groups -OCH3 is 2. The first kappa shape index (κ1) is 19.0. The van der Waals surface area contributed by atoms with Crippen LogP contribution in [0.3, 0.4) is 0 Å². The quantitative estimate of drug-likeness (QED) is 0.775. The van der Waals surface area contributed by atoms with Crippen molar-refractivity contribution < 1.29 is 24.2 Å². The molecule has 0 unspecified atom stereocenters. The van der Waals surface area contributed by atoms with Gasteiger partial charge in [0.1, 0.15) is 17.1 Å². The molecule has 2 aliphatic rings. The Morgan fingerprint density at radius 1 is 1.22 bits per heavy atom. The number of aliphatic hydroxyl groups excluding tert-OH is 1. The van der Waals surface area contributed by atoms with Crippen LogP contribution in [-0.2, 0) is 16.1 Å². The number of ether oxygens (including phenoxy) is 2. The van der Waals surface area contributed by atoms with Gasteiger partial charge in [0.2, 0.25) is 0 Å². The van der Waals surface area contributed by atoms with E-state index in [1.165, 1.54) is 12.0 Å². The fourth-order valence-corrected chi connectivity index (χ4v) is 3.74. The third kappa shape index (κ3) is 3.56. The Morgan fingerprint density at radius 3 is 2.56 bits per heavy atom. The lowest BCUT2D eigenvalue weighted by Gasteiger charge is -2.21. The van der Waals surface area contributed by atoms with Crippen LogP contribution in [0.4, 0.5) is 0 Å².